The van der Waals surface area contributed by atoms with Crippen molar-refractivity contribution in [2.45, 2.75) is 18.4 Å². The second-order valence-corrected chi connectivity index (χ2v) is 7.58. The number of nitrogens with one attached hydrogen (secondary N) is 1. The molecule has 3 rings (SSSR count). The lowest BCUT2D eigenvalue weighted by atomic mass is 10.2. The van der Waals surface area contributed by atoms with Crippen LogP contribution in [0.5, 0.6) is 0 Å². The Morgan fingerprint density at radius 3 is 2.58 bits per heavy atom. The Morgan fingerprint density at radius 2 is 1.88 bits per heavy atom. The lowest BCUT2D eigenvalue weighted by Gasteiger charge is -2.07. The molecular weight excluding hydrogens is 329 g/mol. The van der Waals surface area contributed by atoms with Crippen molar-refractivity contribution in [2.24, 2.45) is 0 Å². The van der Waals surface area contributed by atoms with Gasteiger partial charge in [0.2, 0.25) is 5.95 Å². The number of sulfone groups is 1. The Hall–Kier alpha value is -2.54. The molecule has 0 aliphatic rings. The van der Waals surface area contributed by atoms with Crippen molar-refractivity contribution in [1.29, 1.82) is 0 Å². The van der Waals surface area contributed by atoms with Gasteiger partial charge in [0, 0.05) is 18.1 Å². The Balaban J connectivity index is 1.81. The van der Waals surface area contributed by atoms with Crippen molar-refractivity contribution in [1.82, 2.24) is 9.97 Å². The zero-order valence-electron chi connectivity index (χ0n) is 13.0. The predicted molar refractivity (Wildman–Crippen MR) is 91.0 cm³/mol. The minimum atomic E-state index is -3.25. The number of nitrogens with zero attached hydrogens (tertiary/aromatic N) is 2. The monoisotopic (exact) mass is 345 g/mol. The molecule has 0 radical (unpaired) electrons. The van der Waals surface area contributed by atoms with Crippen LogP contribution in [0.3, 0.4) is 0 Å². The topological polar surface area (TPSA) is 72.0 Å². The molecule has 0 fully saturated rings. The van der Waals surface area contributed by atoms with Gasteiger partial charge in [-0.15, -0.1) is 0 Å². The maximum atomic E-state index is 12.9. The van der Waals surface area contributed by atoms with Crippen molar-refractivity contribution >= 4 is 26.7 Å². The van der Waals surface area contributed by atoms with E-state index in [1.165, 1.54) is 12.1 Å². The van der Waals surface area contributed by atoms with E-state index in [0.717, 1.165) is 5.56 Å². The van der Waals surface area contributed by atoms with E-state index in [0.29, 0.717) is 23.4 Å². The molecule has 1 N–H and O–H groups in total. The van der Waals surface area contributed by atoms with E-state index >= 15 is 0 Å². The first-order valence-corrected chi connectivity index (χ1v) is 9.11. The molecule has 124 valence electrons. The summed E-state index contributed by atoms with van der Waals surface area (Å²) >= 11 is 0. The van der Waals surface area contributed by atoms with Crippen molar-refractivity contribution in [2.75, 3.05) is 11.1 Å². The fourth-order valence-electron chi connectivity index (χ4n) is 2.24. The summed E-state index contributed by atoms with van der Waals surface area (Å²) in [7, 11) is -3.25. The number of halogens is 1. The molecule has 0 saturated heterocycles. The van der Waals surface area contributed by atoms with Gasteiger partial charge in [-0.25, -0.2) is 22.8 Å². The van der Waals surface area contributed by atoms with Gasteiger partial charge in [0.1, 0.15) is 5.82 Å². The second kappa shape index (κ2) is 6.52. The molecule has 0 spiro atoms. The lowest BCUT2D eigenvalue weighted by Crippen LogP contribution is -2.05. The van der Waals surface area contributed by atoms with Gasteiger partial charge in [-0.1, -0.05) is 19.1 Å². The maximum absolute atomic E-state index is 12.9. The Labute approximate surface area is 139 Å². The van der Waals surface area contributed by atoms with Crippen LogP contribution in [0, 0.1) is 5.82 Å². The van der Waals surface area contributed by atoms with Crippen LogP contribution in [-0.2, 0) is 16.4 Å². The van der Waals surface area contributed by atoms with Crippen molar-refractivity contribution in [3.63, 3.8) is 0 Å². The molecule has 3 aromatic rings. The first kappa shape index (κ1) is 16.3. The minimum Gasteiger partial charge on any atom is -0.350 e. The number of aromatic nitrogens is 2. The lowest BCUT2D eigenvalue weighted by molar-refractivity contribution is 0.597. The molecule has 1 heterocycles. The second-order valence-electron chi connectivity index (χ2n) is 5.30. The van der Waals surface area contributed by atoms with E-state index in [-0.39, 0.29) is 16.5 Å². The summed E-state index contributed by atoms with van der Waals surface area (Å²) in [4.78, 5) is 8.83. The molecule has 0 amide bonds. The van der Waals surface area contributed by atoms with Gasteiger partial charge in [0.05, 0.1) is 16.2 Å². The van der Waals surface area contributed by atoms with E-state index in [2.05, 4.69) is 15.3 Å². The molecule has 5 nitrogen and oxygen atoms in total. The third kappa shape index (κ3) is 3.51. The highest BCUT2D eigenvalue weighted by Crippen LogP contribution is 2.19. The molecule has 2 aromatic carbocycles. The first-order chi connectivity index (χ1) is 11.5. The highest BCUT2D eigenvalue weighted by Gasteiger charge is 2.12. The van der Waals surface area contributed by atoms with Crippen LogP contribution in [0.25, 0.3) is 10.9 Å². The van der Waals surface area contributed by atoms with Crippen molar-refractivity contribution in [3.8, 4) is 0 Å². The summed E-state index contributed by atoms with van der Waals surface area (Å²) in [5.41, 5.74) is 1.56. The molecule has 0 unspecified atom stereocenters. The quantitative estimate of drug-likeness (QED) is 0.769. The third-order valence-electron chi connectivity index (χ3n) is 3.65. The largest absolute Gasteiger partial charge is 0.350 e. The van der Waals surface area contributed by atoms with Gasteiger partial charge in [-0.05, 0) is 35.9 Å². The first-order valence-electron chi connectivity index (χ1n) is 7.46. The molecule has 0 atom stereocenters. The molecule has 0 aliphatic carbocycles. The van der Waals surface area contributed by atoms with Crippen LogP contribution >= 0.6 is 0 Å². The van der Waals surface area contributed by atoms with Gasteiger partial charge in [-0.3, -0.25) is 0 Å². The van der Waals surface area contributed by atoms with Gasteiger partial charge in [0.15, 0.2) is 9.84 Å². The number of benzene rings is 2. The maximum Gasteiger partial charge on any atom is 0.223 e. The van der Waals surface area contributed by atoms with Crippen molar-refractivity contribution < 1.29 is 12.8 Å². The Kier molecular flexibility index (Phi) is 4.44. The van der Waals surface area contributed by atoms with E-state index < -0.39 is 9.84 Å². The smallest absolute Gasteiger partial charge is 0.223 e. The van der Waals surface area contributed by atoms with E-state index in [4.69, 9.17) is 0 Å². The number of rotatable bonds is 5. The number of hydrogen-bond donors (Lipinski definition) is 1. The standard InChI is InChI=1S/C17H16FN3O2S/c1-2-24(22,23)15-7-8-16-13(9-15)11-20-17(21-16)19-10-12-3-5-14(18)6-4-12/h3-9,11H,2,10H2,1H3,(H,19,20,21). The summed E-state index contributed by atoms with van der Waals surface area (Å²) in [5.74, 6) is 0.202. The molecular formula is C17H16FN3O2S. The number of fused-ring (bicyclic) bond motifs is 1. The summed E-state index contributed by atoms with van der Waals surface area (Å²) in [6.45, 7) is 2.08. The van der Waals surface area contributed by atoms with Crippen LogP contribution in [0.1, 0.15) is 12.5 Å². The average molecular weight is 345 g/mol. The average Bonchev–Trinajstić information content (AvgIpc) is 2.60. The van der Waals surface area contributed by atoms with Gasteiger partial charge >= 0.3 is 0 Å². The van der Waals surface area contributed by atoms with Crippen LogP contribution in [0.2, 0.25) is 0 Å². The van der Waals surface area contributed by atoms with Crippen molar-refractivity contribution in [3.05, 3.63) is 60.0 Å². The molecule has 1 aromatic heterocycles. The molecule has 7 heteroatoms. The SMILES string of the molecule is CCS(=O)(=O)c1ccc2nc(NCc3ccc(F)cc3)ncc2c1. The zero-order chi connectivity index (χ0) is 17.2. The Bertz CT molecular complexity index is 973. The predicted octanol–water partition coefficient (Wildman–Crippen LogP) is 3.17. The molecule has 0 saturated carbocycles. The van der Waals surface area contributed by atoms with Gasteiger partial charge < -0.3 is 5.32 Å². The number of anilines is 1. The van der Waals surface area contributed by atoms with Crippen LogP contribution in [0.15, 0.2) is 53.6 Å². The van der Waals surface area contributed by atoms with E-state index in [1.807, 2.05) is 0 Å². The third-order valence-corrected chi connectivity index (χ3v) is 5.39. The normalized spacial score (nSPS) is 11.6. The number of hydrogen-bond acceptors (Lipinski definition) is 5. The van der Waals surface area contributed by atoms with Crippen LogP contribution in [0.4, 0.5) is 10.3 Å². The fraction of sp³-hybridized carbons (Fsp3) is 0.176. The van der Waals surface area contributed by atoms with E-state index in [1.54, 1.807) is 43.5 Å². The summed E-state index contributed by atoms with van der Waals surface area (Å²) in [6, 6.07) is 11.0. The Morgan fingerprint density at radius 1 is 1.12 bits per heavy atom. The summed E-state index contributed by atoms with van der Waals surface area (Å²) in [5, 5.41) is 3.73. The highest BCUT2D eigenvalue weighted by molar-refractivity contribution is 7.91. The molecule has 0 bridgehead atoms. The molecule has 24 heavy (non-hydrogen) atoms. The molecule has 0 aliphatic heterocycles. The van der Waals surface area contributed by atoms with Crippen LogP contribution in [-0.4, -0.2) is 24.1 Å². The zero-order valence-corrected chi connectivity index (χ0v) is 13.8. The summed E-state index contributed by atoms with van der Waals surface area (Å²) in [6.07, 6.45) is 1.59. The fourth-order valence-corrected chi connectivity index (χ4v) is 3.16. The van der Waals surface area contributed by atoms with E-state index in [9.17, 15) is 12.8 Å². The van der Waals surface area contributed by atoms with Gasteiger partial charge in [0.25, 0.3) is 0 Å². The summed E-state index contributed by atoms with van der Waals surface area (Å²) < 4.78 is 36.7. The van der Waals surface area contributed by atoms with Crippen LogP contribution < -0.4 is 5.32 Å². The highest BCUT2D eigenvalue weighted by atomic mass is 32.2. The van der Waals surface area contributed by atoms with Gasteiger partial charge in [-0.2, -0.15) is 0 Å². The minimum absolute atomic E-state index is 0.0523.